The Morgan fingerprint density at radius 1 is 1.07 bits per heavy atom. The largest absolute Gasteiger partial charge is 0.460 e. The van der Waals surface area contributed by atoms with Crippen molar-refractivity contribution in [2.45, 2.75) is 12.0 Å². The highest BCUT2D eigenvalue weighted by molar-refractivity contribution is 5.79. The molecule has 0 bridgehead atoms. The van der Waals surface area contributed by atoms with Crippen LogP contribution >= 0.6 is 0 Å². The number of amides is 1. The molecule has 1 amide bonds. The fourth-order valence-electron chi connectivity index (χ4n) is 3.17. The van der Waals surface area contributed by atoms with Crippen molar-refractivity contribution in [2.24, 2.45) is 5.73 Å². The molecule has 6 nitrogen and oxygen atoms in total. The van der Waals surface area contributed by atoms with E-state index < -0.39 is 18.1 Å². The van der Waals surface area contributed by atoms with E-state index in [0.29, 0.717) is 0 Å². The summed E-state index contributed by atoms with van der Waals surface area (Å²) in [6.07, 6.45) is 0.827. The lowest BCUT2D eigenvalue weighted by Gasteiger charge is -2.15. The lowest BCUT2D eigenvalue weighted by atomic mass is 9.98. The second kappa shape index (κ2) is 8.51. The minimum atomic E-state index is -0.953. The Morgan fingerprint density at radius 2 is 1.67 bits per heavy atom. The summed E-state index contributed by atoms with van der Waals surface area (Å²) in [6.45, 7) is 3.67. The van der Waals surface area contributed by atoms with Crippen LogP contribution in [-0.4, -0.2) is 37.9 Å². The van der Waals surface area contributed by atoms with Gasteiger partial charge in [0, 0.05) is 12.5 Å². The van der Waals surface area contributed by atoms with Crippen molar-refractivity contribution >= 4 is 12.1 Å². The summed E-state index contributed by atoms with van der Waals surface area (Å²) in [5.41, 5.74) is 10.3. The minimum absolute atomic E-state index is 0.0191. The number of hydrogen-bond donors (Lipinski definition) is 2. The Labute approximate surface area is 158 Å². The van der Waals surface area contributed by atoms with Crippen LogP contribution in [0.2, 0.25) is 0 Å². The zero-order chi connectivity index (χ0) is 19.2. The van der Waals surface area contributed by atoms with Gasteiger partial charge in [0.1, 0.15) is 19.3 Å². The number of rotatable bonds is 7. The summed E-state index contributed by atoms with van der Waals surface area (Å²) >= 11 is 0. The number of fused-ring (bicyclic) bond motifs is 3. The fourth-order valence-corrected chi connectivity index (χ4v) is 3.17. The smallest absolute Gasteiger partial charge is 0.407 e. The van der Waals surface area contributed by atoms with Gasteiger partial charge in [-0.1, -0.05) is 61.2 Å². The van der Waals surface area contributed by atoms with Crippen LogP contribution in [0, 0.1) is 0 Å². The predicted octanol–water partition coefficient (Wildman–Crippen LogP) is 2.58. The Morgan fingerprint density at radius 3 is 2.26 bits per heavy atom. The monoisotopic (exact) mass is 366 g/mol. The molecule has 0 heterocycles. The number of alkyl carbamates (subject to hydrolysis) is 1. The van der Waals surface area contributed by atoms with E-state index in [1.165, 1.54) is 6.08 Å². The molecule has 3 rings (SSSR count). The normalized spacial score (nSPS) is 13.2. The third-order valence-electron chi connectivity index (χ3n) is 4.46. The van der Waals surface area contributed by atoms with Gasteiger partial charge in [-0.3, -0.25) is 4.79 Å². The maximum absolute atomic E-state index is 12.0. The first kappa shape index (κ1) is 18.7. The molecule has 1 atom stereocenters. The fraction of sp³-hybridized carbons (Fsp3) is 0.238. The molecule has 140 valence electrons. The zero-order valence-electron chi connectivity index (χ0n) is 14.9. The summed E-state index contributed by atoms with van der Waals surface area (Å²) < 4.78 is 10.2. The highest BCUT2D eigenvalue weighted by Gasteiger charge is 2.29. The molecule has 0 fully saturated rings. The molecule has 0 aliphatic heterocycles. The van der Waals surface area contributed by atoms with Gasteiger partial charge in [0.05, 0.1) is 0 Å². The average molecular weight is 366 g/mol. The Kier molecular flexibility index (Phi) is 5.88. The van der Waals surface area contributed by atoms with Crippen LogP contribution in [0.5, 0.6) is 0 Å². The molecule has 0 aromatic heterocycles. The molecular formula is C21H22N2O4. The van der Waals surface area contributed by atoms with E-state index in [2.05, 4.69) is 24.0 Å². The van der Waals surface area contributed by atoms with Gasteiger partial charge in [0.2, 0.25) is 0 Å². The third kappa shape index (κ3) is 4.17. The number of carbonyl (C=O) groups excluding carboxylic acids is 2. The van der Waals surface area contributed by atoms with E-state index in [0.717, 1.165) is 22.3 Å². The first-order valence-electron chi connectivity index (χ1n) is 8.73. The minimum Gasteiger partial charge on any atom is -0.460 e. The lowest BCUT2D eigenvalue weighted by Crippen LogP contribution is -2.43. The zero-order valence-corrected chi connectivity index (χ0v) is 14.9. The standard InChI is InChI=1S/C21H22N2O4/c1-2-11-26-20(24)19(22)12-23-21(25)27-13-18-16-9-5-3-7-14(16)15-8-4-6-10-17(15)18/h2-10,18-19H,1,11-13,22H2,(H,23,25)/t19-/m1/s1. The quantitative estimate of drug-likeness (QED) is 0.581. The van der Waals surface area contributed by atoms with E-state index in [9.17, 15) is 9.59 Å². The second-order valence-corrected chi connectivity index (χ2v) is 6.23. The number of esters is 1. The van der Waals surface area contributed by atoms with Gasteiger partial charge in [-0.25, -0.2) is 4.79 Å². The van der Waals surface area contributed by atoms with Gasteiger partial charge < -0.3 is 20.5 Å². The SMILES string of the molecule is C=CCOC(=O)[C@H](N)CNC(=O)OCC1c2ccccc2-c2ccccc21. The van der Waals surface area contributed by atoms with Crippen molar-refractivity contribution in [3.63, 3.8) is 0 Å². The molecule has 27 heavy (non-hydrogen) atoms. The second-order valence-electron chi connectivity index (χ2n) is 6.23. The van der Waals surface area contributed by atoms with E-state index in [1.807, 2.05) is 36.4 Å². The van der Waals surface area contributed by atoms with Crippen LogP contribution in [0.4, 0.5) is 4.79 Å². The molecule has 0 saturated carbocycles. The van der Waals surface area contributed by atoms with Gasteiger partial charge in [-0.15, -0.1) is 0 Å². The average Bonchev–Trinajstić information content (AvgIpc) is 3.02. The molecule has 0 saturated heterocycles. The van der Waals surface area contributed by atoms with Crippen molar-refractivity contribution in [3.05, 3.63) is 72.3 Å². The summed E-state index contributed by atoms with van der Waals surface area (Å²) in [5.74, 6) is -0.622. The molecule has 1 aliphatic carbocycles. The molecule has 0 radical (unpaired) electrons. The summed E-state index contributed by atoms with van der Waals surface area (Å²) in [6, 6.07) is 15.2. The van der Waals surface area contributed by atoms with Crippen molar-refractivity contribution in [2.75, 3.05) is 19.8 Å². The molecule has 2 aromatic carbocycles. The highest BCUT2D eigenvalue weighted by atomic mass is 16.5. The molecule has 6 heteroatoms. The third-order valence-corrected chi connectivity index (χ3v) is 4.46. The van der Waals surface area contributed by atoms with E-state index in [1.54, 1.807) is 0 Å². The molecule has 2 aromatic rings. The number of nitrogens with two attached hydrogens (primary N) is 1. The number of hydrogen-bond acceptors (Lipinski definition) is 5. The lowest BCUT2D eigenvalue weighted by molar-refractivity contribution is -0.143. The maximum Gasteiger partial charge on any atom is 0.407 e. The maximum atomic E-state index is 12.0. The van der Waals surface area contributed by atoms with Gasteiger partial charge >= 0.3 is 12.1 Å². The predicted molar refractivity (Wildman–Crippen MR) is 102 cm³/mol. The number of nitrogens with one attached hydrogen (secondary N) is 1. The number of ether oxygens (including phenoxy) is 2. The van der Waals surface area contributed by atoms with Gasteiger partial charge in [0.15, 0.2) is 0 Å². The first-order chi connectivity index (χ1) is 13.1. The summed E-state index contributed by atoms with van der Waals surface area (Å²) in [7, 11) is 0. The van der Waals surface area contributed by atoms with Gasteiger partial charge in [-0.2, -0.15) is 0 Å². The Hall–Kier alpha value is -3.12. The topological polar surface area (TPSA) is 90.6 Å². The molecular weight excluding hydrogens is 344 g/mol. The highest BCUT2D eigenvalue weighted by Crippen LogP contribution is 2.44. The van der Waals surface area contributed by atoms with Crippen LogP contribution < -0.4 is 11.1 Å². The van der Waals surface area contributed by atoms with Crippen LogP contribution in [0.15, 0.2) is 61.2 Å². The van der Waals surface area contributed by atoms with Crippen LogP contribution in [-0.2, 0) is 14.3 Å². The summed E-state index contributed by atoms with van der Waals surface area (Å²) in [5, 5.41) is 2.50. The number of carbonyl (C=O) groups is 2. The molecule has 0 spiro atoms. The van der Waals surface area contributed by atoms with E-state index in [4.69, 9.17) is 15.2 Å². The van der Waals surface area contributed by atoms with Crippen molar-refractivity contribution < 1.29 is 19.1 Å². The Balaban J connectivity index is 1.56. The van der Waals surface area contributed by atoms with Gasteiger partial charge in [-0.05, 0) is 22.3 Å². The van der Waals surface area contributed by atoms with Gasteiger partial charge in [0.25, 0.3) is 0 Å². The van der Waals surface area contributed by atoms with E-state index >= 15 is 0 Å². The van der Waals surface area contributed by atoms with Crippen molar-refractivity contribution in [1.82, 2.24) is 5.32 Å². The molecule has 1 aliphatic rings. The first-order valence-corrected chi connectivity index (χ1v) is 8.73. The van der Waals surface area contributed by atoms with Crippen molar-refractivity contribution in [1.29, 1.82) is 0 Å². The van der Waals surface area contributed by atoms with Crippen LogP contribution in [0.1, 0.15) is 17.0 Å². The molecule has 3 N–H and O–H groups in total. The Bertz CT molecular complexity index is 804. The van der Waals surface area contributed by atoms with E-state index in [-0.39, 0.29) is 25.7 Å². The van der Waals surface area contributed by atoms with Crippen LogP contribution in [0.25, 0.3) is 11.1 Å². The van der Waals surface area contributed by atoms with Crippen LogP contribution in [0.3, 0.4) is 0 Å². The van der Waals surface area contributed by atoms with Crippen molar-refractivity contribution in [3.8, 4) is 11.1 Å². The molecule has 0 unspecified atom stereocenters. The number of benzene rings is 2. The summed E-state index contributed by atoms with van der Waals surface area (Å²) in [4.78, 5) is 23.6.